The summed E-state index contributed by atoms with van der Waals surface area (Å²) in [6.45, 7) is 4.59. The number of aliphatic hydroxyl groups excluding tert-OH is 1. The summed E-state index contributed by atoms with van der Waals surface area (Å²) in [5, 5.41) is 12.2. The van der Waals surface area contributed by atoms with E-state index in [1.165, 1.54) is 0 Å². The number of rotatable bonds is 7. The molecule has 0 fully saturated rings. The van der Waals surface area contributed by atoms with Crippen LogP contribution in [0.4, 0.5) is 0 Å². The summed E-state index contributed by atoms with van der Waals surface area (Å²) in [6, 6.07) is 0.190. The van der Waals surface area contributed by atoms with E-state index in [-0.39, 0.29) is 24.8 Å². The third-order valence-corrected chi connectivity index (χ3v) is 2.16. The third-order valence-electron chi connectivity index (χ3n) is 2.16. The monoisotopic (exact) mass is 191 g/mol. The Balaban J connectivity index is 3.78. The maximum atomic E-state index is 8.98. The maximum absolute atomic E-state index is 8.98. The summed E-state index contributed by atoms with van der Waals surface area (Å²) in [7, 11) is 3.29. The molecule has 0 aliphatic heterocycles. The van der Waals surface area contributed by atoms with Crippen molar-refractivity contribution in [2.24, 2.45) is 0 Å². The standard InChI is InChI=1S/C9H21NO3/c1-7(8(2)13-4)10-9(5-11)6-12-3/h7-11H,5-6H2,1-4H3. The minimum atomic E-state index is -0.0161. The van der Waals surface area contributed by atoms with Gasteiger partial charge in [-0.2, -0.15) is 0 Å². The van der Waals surface area contributed by atoms with Crippen molar-refractivity contribution in [2.75, 3.05) is 27.4 Å². The van der Waals surface area contributed by atoms with Gasteiger partial charge < -0.3 is 19.9 Å². The molecular weight excluding hydrogens is 170 g/mol. The van der Waals surface area contributed by atoms with Gasteiger partial charge in [-0.1, -0.05) is 0 Å². The van der Waals surface area contributed by atoms with Gasteiger partial charge in [0.15, 0.2) is 0 Å². The fraction of sp³-hybridized carbons (Fsp3) is 1.00. The number of hydrogen-bond donors (Lipinski definition) is 2. The molecule has 0 saturated carbocycles. The minimum absolute atomic E-state index is 0.0161. The predicted octanol–water partition coefficient (Wildman–Crippen LogP) is 0.00670. The van der Waals surface area contributed by atoms with Gasteiger partial charge in [0.25, 0.3) is 0 Å². The number of aliphatic hydroxyl groups is 1. The van der Waals surface area contributed by atoms with E-state index in [4.69, 9.17) is 14.6 Å². The zero-order valence-corrected chi connectivity index (χ0v) is 8.91. The second kappa shape index (κ2) is 7.26. The van der Waals surface area contributed by atoms with Gasteiger partial charge in [0.1, 0.15) is 0 Å². The molecule has 0 aliphatic carbocycles. The first-order chi connectivity index (χ1) is 6.15. The van der Waals surface area contributed by atoms with Gasteiger partial charge in [0, 0.05) is 20.3 Å². The van der Waals surface area contributed by atoms with Crippen LogP contribution >= 0.6 is 0 Å². The van der Waals surface area contributed by atoms with Crippen molar-refractivity contribution in [3.8, 4) is 0 Å². The van der Waals surface area contributed by atoms with Crippen molar-refractivity contribution in [1.82, 2.24) is 5.32 Å². The van der Waals surface area contributed by atoms with Crippen LogP contribution in [0.3, 0.4) is 0 Å². The lowest BCUT2D eigenvalue weighted by molar-refractivity contribution is 0.0656. The zero-order valence-electron chi connectivity index (χ0n) is 8.91. The zero-order chi connectivity index (χ0) is 10.3. The van der Waals surface area contributed by atoms with Crippen molar-refractivity contribution >= 4 is 0 Å². The molecule has 0 aromatic rings. The molecular formula is C9H21NO3. The van der Waals surface area contributed by atoms with E-state index in [1.807, 2.05) is 13.8 Å². The first-order valence-corrected chi connectivity index (χ1v) is 4.54. The Labute approximate surface area is 80.2 Å². The van der Waals surface area contributed by atoms with Gasteiger partial charge >= 0.3 is 0 Å². The number of ether oxygens (including phenoxy) is 2. The molecule has 0 amide bonds. The van der Waals surface area contributed by atoms with Crippen molar-refractivity contribution in [3.05, 3.63) is 0 Å². The average molecular weight is 191 g/mol. The highest BCUT2D eigenvalue weighted by molar-refractivity contribution is 4.74. The van der Waals surface area contributed by atoms with E-state index in [2.05, 4.69) is 5.32 Å². The molecule has 0 aromatic carbocycles. The molecule has 0 heterocycles. The second-order valence-corrected chi connectivity index (χ2v) is 3.23. The van der Waals surface area contributed by atoms with E-state index in [0.717, 1.165) is 0 Å². The first-order valence-electron chi connectivity index (χ1n) is 4.54. The van der Waals surface area contributed by atoms with Crippen molar-refractivity contribution in [2.45, 2.75) is 32.0 Å². The molecule has 0 spiro atoms. The van der Waals surface area contributed by atoms with Gasteiger partial charge in [0.2, 0.25) is 0 Å². The van der Waals surface area contributed by atoms with E-state index >= 15 is 0 Å². The fourth-order valence-electron chi connectivity index (χ4n) is 1.07. The van der Waals surface area contributed by atoms with Crippen molar-refractivity contribution in [1.29, 1.82) is 0 Å². The molecule has 4 heteroatoms. The van der Waals surface area contributed by atoms with Gasteiger partial charge in [-0.15, -0.1) is 0 Å². The van der Waals surface area contributed by atoms with Crippen LogP contribution in [-0.2, 0) is 9.47 Å². The van der Waals surface area contributed by atoms with Crippen LogP contribution in [-0.4, -0.2) is 50.7 Å². The van der Waals surface area contributed by atoms with Crippen LogP contribution < -0.4 is 5.32 Å². The lowest BCUT2D eigenvalue weighted by Crippen LogP contribution is -2.46. The van der Waals surface area contributed by atoms with Gasteiger partial charge in [-0.25, -0.2) is 0 Å². The molecule has 0 aliphatic rings. The summed E-state index contributed by atoms with van der Waals surface area (Å²) in [5.74, 6) is 0. The Morgan fingerprint density at radius 2 is 1.92 bits per heavy atom. The van der Waals surface area contributed by atoms with Gasteiger partial charge in [0.05, 0.1) is 25.4 Å². The van der Waals surface area contributed by atoms with Crippen LogP contribution in [0.25, 0.3) is 0 Å². The second-order valence-electron chi connectivity index (χ2n) is 3.23. The number of methoxy groups -OCH3 is 2. The van der Waals surface area contributed by atoms with Gasteiger partial charge in [-0.3, -0.25) is 0 Å². The summed E-state index contributed by atoms with van der Waals surface area (Å²) >= 11 is 0. The fourth-order valence-corrected chi connectivity index (χ4v) is 1.07. The number of hydrogen-bond acceptors (Lipinski definition) is 4. The van der Waals surface area contributed by atoms with E-state index in [9.17, 15) is 0 Å². The molecule has 13 heavy (non-hydrogen) atoms. The van der Waals surface area contributed by atoms with Gasteiger partial charge in [-0.05, 0) is 13.8 Å². The Morgan fingerprint density at radius 1 is 1.31 bits per heavy atom. The maximum Gasteiger partial charge on any atom is 0.0693 e. The lowest BCUT2D eigenvalue weighted by Gasteiger charge is -2.24. The van der Waals surface area contributed by atoms with Crippen molar-refractivity contribution < 1.29 is 14.6 Å². The lowest BCUT2D eigenvalue weighted by atomic mass is 10.2. The smallest absolute Gasteiger partial charge is 0.0693 e. The van der Waals surface area contributed by atoms with Crippen LogP contribution in [0.5, 0.6) is 0 Å². The summed E-state index contributed by atoms with van der Waals surface area (Å²) < 4.78 is 10.1. The van der Waals surface area contributed by atoms with E-state index < -0.39 is 0 Å². The molecule has 0 saturated heterocycles. The van der Waals surface area contributed by atoms with E-state index in [1.54, 1.807) is 14.2 Å². The van der Waals surface area contributed by atoms with Crippen LogP contribution in [0.1, 0.15) is 13.8 Å². The average Bonchev–Trinajstić information content (AvgIpc) is 2.15. The predicted molar refractivity (Wildman–Crippen MR) is 51.8 cm³/mol. The Morgan fingerprint density at radius 3 is 2.31 bits per heavy atom. The van der Waals surface area contributed by atoms with Crippen LogP contribution in [0, 0.1) is 0 Å². The van der Waals surface area contributed by atoms with Crippen LogP contribution in [0.2, 0.25) is 0 Å². The molecule has 4 nitrogen and oxygen atoms in total. The first kappa shape index (κ1) is 12.8. The Bertz CT molecular complexity index is 121. The Kier molecular flexibility index (Phi) is 7.17. The quantitative estimate of drug-likeness (QED) is 0.595. The highest BCUT2D eigenvalue weighted by Crippen LogP contribution is 1.98. The number of nitrogens with one attached hydrogen (secondary N) is 1. The van der Waals surface area contributed by atoms with E-state index in [0.29, 0.717) is 6.61 Å². The molecule has 0 bridgehead atoms. The van der Waals surface area contributed by atoms with Crippen molar-refractivity contribution in [3.63, 3.8) is 0 Å². The molecule has 3 unspecified atom stereocenters. The molecule has 0 radical (unpaired) electrons. The SMILES string of the molecule is COCC(CO)NC(C)C(C)OC. The summed E-state index contributed by atoms with van der Waals surface area (Å²) in [6.07, 6.45) is 0.130. The minimum Gasteiger partial charge on any atom is -0.395 e. The molecule has 0 rings (SSSR count). The Hall–Kier alpha value is -0.160. The summed E-state index contributed by atoms with van der Waals surface area (Å²) in [5.41, 5.74) is 0. The molecule has 80 valence electrons. The third kappa shape index (κ3) is 5.21. The molecule has 3 atom stereocenters. The largest absolute Gasteiger partial charge is 0.395 e. The molecule has 2 N–H and O–H groups in total. The topological polar surface area (TPSA) is 50.7 Å². The summed E-state index contributed by atoms with van der Waals surface area (Å²) in [4.78, 5) is 0. The highest BCUT2D eigenvalue weighted by atomic mass is 16.5. The molecule has 0 aromatic heterocycles. The normalized spacial score (nSPS) is 18.2. The highest BCUT2D eigenvalue weighted by Gasteiger charge is 2.15. The van der Waals surface area contributed by atoms with Crippen LogP contribution in [0.15, 0.2) is 0 Å².